The van der Waals surface area contributed by atoms with Gasteiger partial charge in [-0.2, -0.15) is 4.52 Å². The molecule has 146 valence electrons. The Morgan fingerprint density at radius 2 is 2.14 bits per heavy atom. The van der Waals surface area contributed by atoms with Crippen LogP contribution in [-0.2, 0) is 4.79 Å². The predicted octanol–water partition coefficient (Wildman–Crippen LogP) is 2.95. The number of benzene rings is 1. The number of aryl methyl sites for hydroxylation is 1. The molecule has 1 aromatic carbocycles. The van der Waals surface area contributed by atoms with Crippen molar-refractivity contribution in [1.29, 1.82) is 0 Å². The summed E-state index contributed by atoms with van der Waals surface area (Å²) < 4.78 is 7.03. The first-order chi connectivity index (χ1) is 13.5. The lowest BCUT2D eigenvalue weighted by atomic mass is 9.97. The molecule has 9 heteroatoms. The van der Waals surface area contributed by atoms with Crippen molar-refractivity contribution < 1.29 is 9.53 Å². The normalized spacial score (nSPS) is 17.0. The molecule has 0 bridgehead atoms. The molecule has 0 saturated carbocycles. The molecule has 0 unspecified atom stereocenters. The Kier molecular flexibility index (Phi) is 5.04. The van der Waals surface area contributed by atoms with E-state index in [4.69, 9.17) is 16.3 Å². The van der Waals surface area contributed by atoms with Crippen LogP contribution in [0.4, 0.5) is 11.5 Å². The molecular weight excluding hydrogens is 380 g/mol. The largest absolute Gasteiger partial charge is 0.495 e. The number of anilines is 2. The molecule has 1 aliphatic rings. The van der Waals surface area contributed by atoms with E-state index in [1.165, 1.54) is 0 Å². The zero-order valence-electron chi connectivity index (χ0n) is 15.7. The predicted molar refractivity (Wildman–Crippen MR) is 107 cm³/mol. The number of rotatable bonds is 4. The summed E-state index contributed by atoms with van der Waals surface area (Å²) in [6.45, 7) is 3.31. The number of nitrogens with one attached hydrogen (secondary N) is 1. The number of hydrogen-bond donors (Lipinski definition) is 1. The smallest absolute Gasteiger partial charge is 0.229 e. The van der Waals surface area contributed by atoms with Crippen LogP contribution >= 0.6 is 11.6 Å². The summed E-state index contributed by atoms with van der Waals surface area (Å²) in [6.07, 6.45) is 1.73. The minimum Gasteiger partial charge on any atom is -0.495 e. The van der Waals surface area contributed by atoms with Gasteiger partial charge >= 0.3 is 0 Å². The van der Waals surface area contributed by atoms with Gasteiger partial charge < -0.3 is 15.0 Å². The van der Waals surface area contributed by atoms with Crippen LogP contribution < -0.4 is 15.0 Å². The second-order valence-corrected chi connectivity index (χ2v) is 7.26. The number of amides is 1. The molecule has 1 fully saturated rings. The second-order valence-electron chi connectivity index (χ2n) is 6.83. The van der Waals surface area contributed by atoms with Crippen molar-refractivity contribution in [1.82, 2.24) is 19.8 Å². The number of aromatic nitrogens is 4. The fraction of sp³-hybridized carbons (Fsp3) is 0.368. The lowest BCUT2D eigenvalue weighted by Crippen LogP contribution is -2.41. The molecule has 4 rings (SSSR count). The Hall–Kier alpha value is -2.87. The summed E-state index contributed by atoms with van der Waals surface area (Å²) in [4.78, 5) is 15.0. The zero-order valence-corrected chi connectivity index (χ0v) is 16.5. The Morgan fingerprint density at radius 1 is 1.29 bits per heavy atom. The van der Waals surface area contributed by atoms with E-state index in [1.807, 2.05) is 19.1 Å². The van der Waals surface area contributed by atoms with Crippen molar-refractivity contribution in [2.24, 2.45) is 5.92 Å². The summed E-state index contributed by atoms with van der Waals surface area (Å²) in [5.74, 6) is 1.92. The topological polar surface area (TPSA) is 84.6 Å². The van der Waals surface area contributed by atoms with Gasteiger partial charge in [-0.05, 0) is 50.1 Å². The molecule has 2 aromatic heterocycles. The van der Waals surface area contributed by atoms with Gasteiger partial charge in [-0.3, -0.25) is 4.79 Å². The number of hydrogen-bond acceptors (Lipinski definition) is 6. The highest BCUT2D eigenvalue weighted by Gasteiger charge is 2.27. The highest BCUT2D eigenvalue weighted by Crippen LogP contribution is 2.29. The molecule has 1 amide bonds. The van der Waals surface area contributed by atoms with Crippen molar-refractivity contribution >= 4 is 34.7 Å². The van der Waals surface area contributed by atoms with Gasteiger partial charge in [-0.25, -0.2) is 0 Å². The number of carbonyl (C=O) groups excluding carboxylic acids is 1. The minimum absolute atomic E-state index is 0.0492. The summed E-state index contributed by atoms with van der Waals surface area (Å²) in [7, 11) is 1.57. The molecular formula is C19H21ClN6O2. The van der Waals surface area contributed by atoms with Gasteiger partial charge in [0.15, 0.2) is 11.5 Å². The molecule has 1 N–H and O–H groups in total. The first kappa shape index (κ1) is 18.5. The average molecular weight is 401 g/mol. The quantitative estimate of drug-likeness (QED) is 0.724. The van der Waals surface area contributed by atoms with Gasteiger partial charge in [0, 0.05) is 18.1 Å². The third kappa shape index (κ3) is 3.60. The molecule has 28 heavy (non-hydrogen) atoms. The van der Waals surface area contributed by atoms with Crippen molar-refractivity contribution in [3.8, 4) is 5.75 Å². The van der Waals surface area contributed by atoms with Crippen LogP contribution in [0.5, 0.6) is 5.75 Å². The molecule has 1 atom stereocenters. The molecule has 0 radical (unpaired) electrons. The Labute approximate surface area is 167 Å². The molecule has 3 heterocycles. The van der Waals surface area contributed by atoms with Crippen LogP contribution in [0.3, 0.4) is 0 Å². The van der Waals surface area contributed by atoms with E-state index in [0.717, 1.165) is 31.0 Å². The van der Waals surface area contributed by atoms with Crippen molar-refractivity contribution in [2.75, 3.05) is 30.4 Å². The lowest BCUT2D eigenvalue weighted by Gasteiger charge is -2.32. The maximum Gasteiger partial charge on any atom is 0.229 e. The van der Waals surface area contributed by atoms with E-state index < -0.39 is 0 Å². The maximum absolute atomic E-state index is 12.9. The van der Waals surface area contributed by atoms with Gasteiger partial charge in [-0.1, -0.05) is 11.6 Å². The number of methoxy groups -OCH3 is 1. The lowest BCUT2D eigenvalue weighted by molar-refractivity contribution is -0.120. The van der Waals surface area contributed by atoms with E-state index >= 15 is 0 Å². The Balaban J connectivity index is 1.50. The van der Waals surface area contributed by atoms with E-state index in [2.05, 4.69) is 25.5 Å². The van der Waals surface area contributed by atoms with Crippen molar-refractivity contribution in [2.45, 2.75) is 19.8 Å². The zero-order chi connectivity index (χ0) is 19.7. The van der Waals surface area contributed by atoms with Crippen LogP contribution in [-0.4, -0.2) is 45.9 Å². The number of nitrogens with zero attached hydrogens (tertiary/aromatic N) is 5. The third-order valence-electron chi connectivity index (χ3n) is 4.94. The van der Waals surface area contributed by atoms with Crippen LogP contribution in [0.15, 0.2) is 30.3 Å². The SMILES string of the molecule is COc1ccc(Cl)cc1NC(=O)[C@H]1CCCN(c2ccc3nnc(C)n3n2)C1. The van der Waals surface area contributed by atoms with Crippen molar-refractivity contribution in [3.63, 3.8) is 0 Å². The number of carbonyl (C=O) groups is 1. The fourth-order valence-corrected chi connectivity index (χ4v) is 3.64. The van der Waals surface area contributed by atoms with Crippen LogP contribution in [0, 0.1) is 12.8 Å². The summed E-state index contributed by atoms with van der Waals surface area (Å²) in [6, 6.07) is 8.98. The number of halogens is 1. The van der Waals surface area contributed by atoms with Gasteiger partial charge in [0.2, 0.25) is 5.91 Å². The summed E-state index contributed by atoms with van der Waals surface area (Å²) >= 11 is 6.06. The molecule has 0 spiro atoms. The standard InChI is InChI=1S/C19H21ClN6O2/c1-12-22-23-17-7-8-18(24-26(12)17)25-9-3-4-13(11-25)19(27)21-15-10-14(20)5-6-16(15)28-2/h5-8,10,13H,3-4,9,11H2,1-2H3,(H,21,27)/t13-/m0/s1. The van der Waals surface area contributed by atoms with Gasteiger partial charge in [0.1, 0.15) is 11.6 Å². The number of ether oxygens (including phenoxy) is 1. The molecule has 3 aromatic rings. The molecule has 1 aliphatic heterocycles. The maximum atomic E-state index is 12.9. The monoisotopic (exact) mass is 400 g/mol. The second kappa shape index (κ2) is 7.63. The van der Waals surface area contributed by atoms with Crippen LogP contribution in [0.2, 0.25) is 5.02 Å². The Morgan fingerprint density at radius 3 is 2.96 bits per heavy atom. The van der Waals surface area contributed by atoms with Crippen LogP contribution in [0.25, 0.3) is 5.65 Å². The van der Waals surface area contributed by atoms with E-state index in [9.17, 15) is 4.79 Å². The number of piperidine rings is 1. The van der Waals surface area contributed by atoms with E-state index in [-0.39, 0.29) is 11.8 Å². The summed E-state index contributed by atoms with van der Waals surface area (Å²) in [5, 5.41) is 16.2. The first-order valence-electron chi connectivity index (χ1n) is 9.13. The van der Waals surface area contributed by atoms with Gasteiger partial charge in [-0.15, -0.1) is 15.3 Å². The number of fused-ring (bicyclic) bond motifs is 1. The first-order valence-corrected chi connectivity index (χ1v) is 9.51. The van der Waals surface area contributed by atoms with Crippen LogP contribution in [0.1, 0.15) is 18.7 Å². The van der Waals surface area contributed by atoms with Gasteiger partial charge in [0.05, 0.1) is 18.7 Å². The fourth-order valence-electron chi connectivity index (χ4n) is 3.47. The highest BCUT2D eigenvalue weighted by atomic mass is 35.5. The van der Waals surface area contributed by atoms with Crippen molar-refractivity contribution in [3.05, 3.63) is 41.2 Å². The Bertz CT molecular complexity index is 1020. The van der Waals surface area contributed by atoms with E-state index in [1.54, 1.807) is 29.8 Å². The van der Waals surface area contributed by atoms with E-state index in [0.29, 0.717) is 28.7 Å². The third-order valence-corrected chi connectivity index (χ3v) is 5.18. The molecule has 8 nitrogen and oxygen atoms in total. The summed E-state index contributed by atoms with van der Waals surface area (Å²) in [5.41, 5.74) is 1.29. The molecule has 1 saturated heterocycles. The van der Waals surface area contributed by atoms with Gasteiger partial charge in [0.25, 0.3) is 0 Å². The highest BCUT2D eigenvalue weighted by molar-refractivity contribution is 6.31. The minimum atomic E-state index is -0.156. The molecule has 0 aliphatic carbocycles. The average Bonchev–Trinajstić information content (AvgIpc) is 3.08.